The zero-order chi connectivity index (χ0) is 26.9. The Labute approximate surface area is 225 Å². The lowest BCUT2D eigenvalue weighted by molar-refractivity contribution is -0.149. The maximum Gasteiger partial charge on any atom is 0.433 e. The number of nitrogens with one attached hydrogen (secondary N) is 1. The molecule has 5 atom stereocenters. The number of benzene rings is 1. The van der Waals surface area contributed by atoms with Gasteiger partial charge >= 0.3 is 6.09 Å². The molecule has 1 aromatic rings. The van der Waals surface area contributed by atoms with E-state index in [4.69, 9.17) is 14.3 Å². The fourth-order valence-corrected chi connectivity index (χ4v) is 8.03. The van der Waals surface area contributed by atoms with E-state index in [0.29, 0.717) is 31.4 Å². The number of ketones is 1. The topological polar surface area (TPSA) is 86.2 Å². The van der Waals surface area contributed by atoms with Gasteiger partial charge in [0.1, 0.15) is 0 Å². The predicted molar refractivity (Wildman–Crippen MR) is 146 cm³/mol. The van der Waals surface area contributed by atoms with E-state index in [2.05, 4.69) is 29.5 Å². The third-order valence-electron chi connectivity index (χ3n) is 9.79. The lowest BCUT2D eigenvalue weighted by Crippen LogP contribution is -2.54. The quantitative estimate of drug-likeness (QED) is 0.283. The summed E-state index contributed by atoms with van der Waals surface area (Å²) in [4.78, 5) is 28.6. The maximum absolute atomic E-state index is 12.3. The van der Waals surface area contributed by atoms with Gasteiger partial charge in [0.15, 0.2) is 5.78 Å². The smallest absolute Gasteiger partial charge is 0.382 e. The minimum Gasteiger partial charge on any atom is -0.382 e. The minimum absolute atomic E-state index is 0.0243. The summed E-state index contributed by atoms with van der Waals surface area (Å²) in [6, 6.07) is 8.42. The first kappa shape index (κ1) is 26.8. The Morgan fingerprint density at radius 2 is 1.95 bits per heavy atom. The van der Waals surface area contributed by atoms with Crippen LogP contribution in [0.4, 0.5) is 4.79 Å². The maximum atomic E-state index is 12.3. The standard InChI is InChI=1S/C31H40N2O5/c1-5-32-29(35)38-33-18-20-6-8-21(9-7-20)26-17-30(2)27(14-15-31(30,37-4)19-36-3)25-12-10-22-16-23(34)11-13-24(22)28(25)26/h6-9,16,18,25-27H,5,10-15,17,19H2,1-4H3,(H,32,35)/b33-18+/t25-,26+,27-,30-,31+/m0/s1. The lowest BCUT2D eigenvalue weighted by Gasteiger charge is -2.55. The summed E-state index contributed by atoms with van der Waals surface area (Å²) >= 11 is 0. The number of hydrogen-bond donors (Lipinski definition) is 1. The van der Waals surface area contributed by atoms with Gasteiger partial charge in [-0.1, -0.05) is 41.9 Å². The van der Waals surface area contributed by atoms with Crippen molar-refractivity contribution in [3.63, 3.8) is 0 Å². The fraction of sp³-hybridized carbons (Fsp3) is 0.581. The number of amides is 1. The summed E-state index contributed by atoms with van der Waals surface area (Å²) in [5.74, 6) is 1.53. The van der Waals surface area contributed by atoms with Crippen molar-refractivity contribution in [1.29, 1.82) is 0 Å². The van der Waals surface area contributed by atoms with Gasteiger partial charge in [-0.15, -0.1) is 0 Å². The third-order valence-corrected chi connectivity index (χ3v) is 9.79. The van der Waals surface area contributed by atoms with Crippen LogP contribution in [0, 0.1) is 17.3 Å². The number of hydrogen-bond acceptors (Lipinski definition) is 6. The Balaban J connectivity index is 1.52. The number of carbonyl (C=O) groups excluding carboxylic acids is 2. The molecular formula is C31H40N2O5. The van der Waals surface area contributed by atoms with E-state index in [1.807, 2.05) is 32.2 Å². The average Bonchev–Trinajstić information content (AvgIpc) is 3.20. The van der Waals surface area contributed by atoms with Crippen LogP contribution in [0.2, 0.25) is 0 Å². The third kappa shape index (κ3) is 4.54. The molecule has 1 aromatic carbocycles. The molecule has 0 bridgehead atoms. The number of ether oxygens (including phenoxy) is 2. The van der Waals surface area contributed by atoms with Crippen molar-refractivity contribution < 1.29 is 23.9 Å². The molecule has 7 nitrogen and oxygen atoms in total. The molecule has 0 unspecified atom stereocenters. The van der Waals surface area contributed by atoms with Gasteiger partial charge in [-0.3, -0.25) is 9.63 Å². The zero-order valence-corrected chi connectivity index (χ0v) is 23.0. The van der Waals surface area contributed by atoms with Gasteiger partial charge < -0.3 is 14.8 Å². The first-order chi connectivity index (χ1) is 18.4. The highest BCUT2D eigenvalue weighted by Gasteiger charge is 2.63. The minimum atomic E-state index is -0.564. The van der Waals surface area contributed by atoms with E-state index in [0.717, 1.165) is 44.1 Å². The van der Waals surface area contributed by atoms with Gasteiger partial charge in [-0.25, -0.2) is 4.79 Å². The molecule has 2 saturated carbocycles. The monoisotopic (exact) mass is 520 g/mol. The molecule has 0 aromatic heterocycles. The number of carbonyl (C=O) groups is 2. The number of fused-ring (bicyclic) bond motifs is 4. The van der Waals surface area contributed by atoms with Crippen LogP contribution in [-0.4, -0.2) is 51.1 Å². The number of allylic oxidation sites excluding steroid dienone is 4. The highest BCUT2D eigenvalue weighted by Crippen LogP contribution is 2.67. The van der Waals surface area contributed by atoms with Crippen LogP contribution in [0.3, 0.4) is 0 Å². The van der Waals surface area contributed by atoms with Gasteiger partial charge in [0.2, 0.25) is 0 Å². The molecule has 0 heterocycles. The van der Waals surface area contributed by atoms with Crippen molar-refractivity contribution >= 4 is 18.1 Å². The molecule has 0 radical (unpaired) electrons. The Hall–Kier alpha value is -2.77. The molecule has 4 aliphatic carbocycles. The molecule has 0 spiro atoms. The molecule has 1 amide bonds. The van der Waals surface area contributed by atoms with Gasteiger partial charge in [0.25, 0.3) is 0 Å². The summed E-state index contributed by atoms with van der Waals surface area (Å²) in [6.45, 7) is 5.34. The molecule has 204 valence electrons. The van der Waals surface area contributed by atoms with Crippen LogP contribution in [0.1, 0.15) is 75.8 Å². The van der Waals surface area contributed by atoms with Gasteiger partial charge in [-0.2, -0.15) is 0 Å². The SMILES string of the molecule is CCNC(=O)O/N=C/c1ccc([C@H]2C[C@@]3(C)[C@@H](CC[C@]3(COC)OC)[C@@H]3CCC4=CC(=O)CCC4=C32)cc1. The van der Waals surface area contributed by atoms with Crippen molar-refractivity contribution in [3.8, 4) is 0 Å². The average molecular weight is 521 g/mol. The summed E-state index contributed by atoms with van der Waals surface area (Å²) < 4.78 is 12.1. The second-order valence-electron chi connectivity index (χ2n) is 11.5. The molecule has 4 aliphatic rings. The number of methoxy groups -OCH3 is 2. The summed E-state index contributed by atoms with van der Waals surface area (Å²) in [6.07, 6.45) is 9.57. The van der Waals surface area contributed by atoms with Crippen molar-refractivity contribution in [2.24, 2.45) is 22.4 Å². The van der Waals surface area contributed by atoms with Crippen LogP contribution in [0.25, 0.3) is 0 Å². The number of oxime groups is 1. The first-order valence-corrected chi connectivity index (χ1v) is 13.9. The van der Waals surface area contributed by atoms with E-state index >= 15 is 0 Å². The number of nitrogens with zero attached hydrogens (tertiary/aromatic N) is 1. The van der Waals surface area contributed by atoms with Crippen molar-refractivity contribution in [3.05, 3.63) is 58.2 Å². The van der Waals surface area contributed by atoms with Crippen molar-refractivity contribution in [2.45, 2.75) is 70.3 Å². The summed E-state index contributed by atoms with van der Waals surface area (Å²) in [7, 11) is 3.62. The van der Waals surface area contributed by atoms with Gasteiger partial charge in [0, 0.05) is 38.5 Å². The first-order valence-electron chi connectivity index (χ1n) is 13.9. The molecule has 0 saturated heterocycles. The van der Waals surface area contributed by atoms with Crippen molar-refractivity contribution in [1.82, 2.24) is 5.32 Å². The molecule has 38 heavy (non-hydrogen) atoms. The van der Waals surface area contributed by atoms with Gasteiger partial charge in [0.05, 0.1) is 18.4 Å². The largest absolute Gasteiger partial charge is 0.433 e. The predicted octanol–water partition coefficient (Wildman–Crippen LogP) is 5.70. The molecule has 2 fully saturated rings. The normalized spacial score (nSPS) is 32.5. The highest BCUT2D eigenvalue weighted by atomic mass is 16.7. The van der Waals surface area contributed by atoms with E-state index < -0.39 is 6.09 Å². The second-order valence-corrected chi connectivity index (χ2v) is 11.5. The molecular weight excluding hydrogens is 480 g/mol. The Kier molecular flexibility index (Phi) is 7.60. The van der Waals surface area contributed by atoms with E-state index in [9.17, 15) is 9.59 Å². The summed E-state index contributed by atoms with van der Waals surface area (Å²) in [5, 5.41) is 6.37. The Bertz CT molecular complexity index is 1170. The van der Waals surface area contributed by atoms with Crippen LogP contribution >= 0.6 is 0 Å². The Morgan fingerprint density at radius 1 is 1.16 bits per heavy atom. The highest BCUT2D eigenvalue weighted by molar-refractivity contribution is 5.93. The van der Waals surface area contributed by atoms with Crippen LogP contribution in [0.15, 0.2) is 52.2 Å². The van der Waals surface area contributed by atoms with Crippen LogP contribution in [-0.2, 0) is 19.1 Å². The van der Waals surface area contributed by atoms with E-state index in [-0.39, 0.29) is 22.7 Å². The van der Waals surface area contributed by atoms with E-state index in [1.165, 1.54) is 16.7 Å². The summed E-state index contributed by atoms with van der Waals surface area (Å²) in [5.41, 5.74) is 6.07. The van der Waals surface area contributed by atoms with Crippen molar-refractivity contribution in [2.75, 3.05) is 27.4 Å². The Morgan fingerprint density at radius 3 is 2.66 bits per heavy atom. The molecule has 5 rings (SSSR count). The molecule has 7 heteroatoms. The van der Waals surface area contributed by atoms with E-state index in [1.54, 1.807) is 18.9 Å². The lowest BCUT2D eigenvalue weighted by atomic mass is 9.51. The van der Waals surface area contributed by atoms with Gasteiger partial charge in [-0.05, 0) is 85.6 Å². The zero-order valence-electron chi connectivity index (χ0n) is 23.0. The second kappa shape index (κ2) is 10.8. The number of rotatable bonds is 7. The fourth-order valence-electron chi connectivity index (χ4n) is 8.03. The molecule has 1 N–H and O–H groups in total. The van der Waals surface area contributed by atoms with Crippen LogP contribution < -0.4 is 5.32 Å². The molecule has 0 aliphatic heterocycles. The van der Waals surface area contributed by atoms with Crippen LogP contribution in [0.5, 0.6) is 0 Å².